The maximum absolute atomic E-state index is 14.7. The molecule has 0 aliphatic rings. The quantitative estimate of drug-likeness (QED) is 0.472. The maximum Gasteiger partial charge on any atom is 0.138 e. The van der Waals surface area contributed by atoms with E-state index in [1.807, 2.05) is 18.2 Å². The molecule has 0 fully saturated rings. The van der Waals surface area contributed by atoms with E-state index in [0.29, 0.717) is 5.69 Å². The summed E-state index contributed by atoms with van der Waals surface area (Å²) in [7, 11) is 0. The molecule has 1 heterocycles. The zero-order chi connectivity index (χ0) is 20.3. The van der Waals surface area contributed by atoms with Gasteiger partial charge in [0.2, 0.25) is 0 Å². The molecule has 28 heavy (non-hydrogen) atoms. The lowest BCUT2D eigenvalue weighted by Gasteiger charge is -2.41. The highest BCUT2D eigenvalue weighted by Gasteiger charge is 2.43. The van der Waals surface area contributed by atoms with E-state index in [9.17, 15) is 13.9 Å². The van der Waals surface area contributed by atoms with E-state index in [1.165, 1.54) is 23.4 Å². The number of anilines is 1. The van der Waals surface area contributed by atoms with Gasteiger partial charge in [0.1, 0.15) is 34.2 Å². The Morgan fingerprint density at radius 2 is 2.00 bits per heavy atom. The number of rotatable bonds is 6. The topological polar surface area (TPSA) is 54.2 Å². The van der Waals surface area contributed by atoms with Crippen molar-refractivity contribution in [2.24, 2.45) is 0 Å². The number of halogens is 2. The third kappa shape index (κ3) is 4.06. The predicted molar refractivity (Wildman–Crippen MR) is 110 cm³/mol. The Balaban J connectivity index is 2.13. The van der Waals surface area contributed by atoms with Crippen LogP contribution in [0.4, 0.5) is 14.5 Å². The first-order valence-corrected chi connectivity index (χ1v) is 9.26. The van der Waals surface area contributed by atoms with Gasteiger partial charge in [-0.05, 0) is 25.1 Å². The highest BCUT2D eigenvalue weighted by molar-refractivity contribution is 8.11. The van der Waals surface area contributed by atoms with Crippen molar-refractivity contribution in [3.63, 3.8) is 0 Å². The van der Waals surface area contributed by atoms with Gasteiger partial charge in [-0.15, -0.1) is 12.6 Å². The van der Waals surface area contributed by atoms with Crippen LogP contribution in [0.3, 0.4) is 0 Å². The molecule has 0 unspecified atom stereocenters. The van der Waals surface area contributed by atoms with Gasteiger partial charge in [-0.1, -0.05) is 36.5 Å². The van der Waals surface area contributed by atoms with E-state index in [-0.39, 0.29) is 16.4 Å². The Labute approximate surface area is 172 Å². The molecular weight excluding hydrogens is 402 g/mol. The lowest BCUT2D eigenvalue weighted by Crippen LogP contribution is -2.53. The third-order valence-electron chi connectivity index (χ3n) is 4.59. The summed E-state index contributed by atoms with van der Waals surface area (Å²) in [5.41, 5.74) is -1.23. The monoisotopic (exact) mass is 420 g/mol. The first kappa shape index (κ1) is 20.4. The van der Waals surface area contributed by atoms with Crippen LogP contribution in [-0.4, -0.2) is 30.2 Å². The van der Waals surface area contributed by atoms with Crippen LogP contribution in [0.15, 0.2) is 61.2 Å². The Kier molecular flexibility index (Phi) is 6.07. The minimum absolute atomic E-state index is 0.0811. The second kappa shape index (κ2) is 8.34. The Hall–Kier alpha value is -2.36. The number of benzene rings is 2. The van der Waals surface area contributed by atoms with Crippen molar-refractivity contribution >= 4 is 34.9 Å². The summed E-state index contributed by atoms with van der Waals surface area (Å²) in [6.45, 7) is 1.56. The number of hydrogen-bond acceptors (Lipinski definition) is 4. The highest BCUT2D eigenvalue weighted by Crippen LogP contribution is 2.35. The molecule has 3 aromatic rings. The van der Waals surface area contributed by atoms with Crippen LogP contribution < -0.4 is 4.90 Å². The van der Waals surface area contributed by atoms with Gasteiger partial charge in [-0.2, -0.15) is 5.10 Å². The fourth-order valence-corrected chi connectivity index (χ4v) is 3.70. The van der Waals surface area contributed by atoms with Crippen LogP contribution in [-0.2, 0) is 12.1 Å². The van der Waals surface area contributed by atoms with Crippen molar-refractivity contribution in [1.82, 2.24) is 14.8 Å². The smallest absolute Gasteiger partial charge is 0.138 e. The molecule has 0 saturated heterocycles. The summed E-state index contributed by atoms with van der Waals surface area (Å²) < 4.78 is 29.7. The van der Waals surface area contributed by atoms with Gasteiger partial charge in [0.25, 0.3) is 0 Å². The summed E-state index contributed by atoms with van der Waals surface area (Å²) in [4.78, 5) is 5.48. The molecule has 3 rings (SSSR count). The number of hydrogen-bond donors (Lipinski definition) is 2. The number of thiocarbonyl (C=S) groups is 1. The Morgan fingerprint density at radius 1 is 1.29 bits per heavy atom. The molecule has 9 heteroatoms. The van der Waals surface area contributed by atoms with E-state index in [1.54, 1.807) is 24.0 Å². The third-order valence-corrected chi connectivity index (χ3v) is 5.00. The summed E-state index contributed by atoms with van der Waals surface area (Å²) in [6.07, 6.45) is 2.72. The van der Waals surface area contributed by atoms with Gasteiger partial charge >= 0.3 is 0 Å². The molecule has 2 aromatic carbocycles. The zero-order valence-electron chi connectivity index (χ0n) is 14.9. The van der Waals surface area contributed by atoms with Gasteiger partial charge in [0, 0.05) is 17.3 Å². The first-order valence-electron chi connectivity index (χ1n) is 8.40. The van der Waals surface area contributed by atoms with Crippen LogP contribution in [0.5, 0.6) is 0 Å². The molecule has 2 atom stereocenters. The second-order valence-corrected chi connectivity index (χ2v) is 7.42. The first-order chi connectivity index (χ1) is 13.3. The molecule has 146 valence electrons. The average Bonchev–Trinajstić information content (AvgIpc) is 3.15. The lowest BCUT2D eigenvalue weighted by atomic mass is 9.85. The lowest BCUT2D eigenvalue weighted by molar-refractivity contribution is -0.00734. The standard InChI is InChI=1S/C19H18F2N4OS2/c1-13(25(18(27)28)15-5-3-2-4-6-15)19(26,10-24-12-22-11-23-24)16-8-7-14(20)9-17(16)21/h2-9,11-13,26H,10H2,1H3,(H,27,28)/t13-,19-/m1/s1. The number of nitrogens with zero attached hydrogens (tertiary/aromatic N) is 4. The van der Waals surface area contributed by atoms with Crippen molar-refractivity contribution in [3.05, 3.63) is 78.4 Å². The summed E-state index contributed by atoms with van der Waals surface area (Å²) in [5.74, 6) is -1.60. The normalized spacial score (nSPS) is 14.3. The second-order valence-electron chi connectivity index (χ2n) is 6.31. The van der Waals surface area contributed by atoms with Crippen molar-refractivity contribution in [1.29, 1.82) is 0 Å². The molecule has 0 aliphatic heterocycles. The molecule has 0 radical (unpaired) electrons. The van der Waals surface area contributed by atoms with Gasteiger partial charge in [0.05, 0.1) is 12.6 Å². The van der Waals surface area contributed by atoms with Crippen molar-refractivity contribution < 1.29 is 13.9 Å². The minimum Gasteiger partial charge on any atom is -0.381 e. The van der Waals surface area contributed by atoms with Crippen molar-refractivity contribution in [2.75, 3.05) is 4.90 Å². The van der Waals surface area contributed by atoms with E-state index >= 15 is 0 Å². The Bertz CT molecular complexity index is 956. The van der Waals surface area contributed by atoms with Gasteiger partial charge in [0.15, 0.2) is 0 Å². The fourth-order valence-electron chi connectivity index (χ4n) is 3.15. The number of para-hydroxylation sites is 1. The maximum atomic E-state index is 14.7. The largest absolute Gasteiger partial charge is 0.381 e. The molecule has 0 aliphatic carbocycles. The van der Waals surface area contributed by atoms with Crippen molar-refractivity contribution in [3.8, 4) is 0 Å². The van der Waals surface area contributed by atoms with Crippen LogP contribution in [0.1, 0.15) is 12.5 Å². The molecule has 5 nitrogen and oxygen atoms in total. The molecule has 0 saturated carbocycles. The molecule has 0 bridgehead atoms. The van der Waals surface area contributed by atoms with E-state index in [2.05, 4.69) is 22.7 Å². The van der Waals surface area contributed by atoms with Crippen LogP contribution in [0.2, 0.25) is 0 Å². The molecule has 1 N–H and O–H groups in total. The van der Waals surface area contributed by atoms with Crippen molar-refractivity contribution in [2.45, 2.75) is 25.1 Å². The van der Waals surface area contributed by atoms with E-state index < -0.39 is 23.3 Å². The molecule has 0 spiro atoms. The summed E-state index contributed by atoms with van der Waals surface area (Å²) >= 11 is 9.59. The van der Waals surface area contributed by atoms with Gasteiger partial charge in [-0.25, -0.2) is 18.4 Å². The van der Waals surface area contributed by atoms with E-state index in [4.69, 9.17) is 12.2 Å². The number of thiol groups is 1. The Morgan fingerprint density at radius 3 is 2.57 bits per heavy atom. The number of aromatic nitrogens is 3. The average molecular weight is 421 g/mol. The SMILES string of the molecule is C[C@@H](N(C(=S)S)c1ccccc1)[C@](O)(Cn1cncn1)c1ccc(F)cc1F. The van der Waals surface area contributed by atoms with Crippen LogP contribution in [0, 0.1) is 11.6 Å². The summed E-state index contributed by atoms with van der Waals surface area (Å²) in [5, 5.41) is 15.7. The molecular formula is C19H18F2N4OS2. The summed E-state index contributed by atoms with van der Waals surface area (Å²) in [6, 6.07) is 11.4. The van der Waals surface area contributed by atoms with Crippen LogP contribution >= 0.6 is 24.8 Å². The fraction of sp³-hybridized carbons (Fsp3) is 0.211. The molecule has 1 aromatic heterocycles. The van der Waals surface area contributed by atoms with E-state index in [0.717, 1.165) is 12.1 Å². The predicted octanol–water partition coefficient (Wildman–Crippen LogP) is 3.55. The van der Waals surface area contributed by atoms with Gasteiger partial charge in [-0.3, -0.25) is 0 Å². The zero-order valence-corrected chi connectivity index (χ0v) is 16.6. The van der Waals surface area contributed by atoms with Gasteiger partial charge < -0.3 is 10.0 Å². The van der Waals surface area contributed by atoms with Crippen LogP contribution in [0.25, 0.3) is 0 Å². The minimum atomic E-state index is -1.83. The molecule has 0 amide bonds. The highest BCUT2D eigenvalue weighted by atomic mass is 32.1. The number of aliphatic hydroxyl groups is 1.